The van der Waals surface area contributed by atoms with Crippen molar-refractivity contribution in [2.45, 2.75) is 44.6 Å². The number of nitrogens with one attached hydrogen (secondary N) is 1. The zero-order valence-corrected chi connectivity index (χ0v) is 14.3. The van der Waals surface area contributed by atoms with Gasteiger partial charge in [0.15, 0.2) is 5.78 Å². The molecule has 0 radical (unpaired) electrons. The Morgan fingerprint density at radius 2 is 1.46 bits per heavy atom. The predicted octanol–water partition coefficient (Wildman–Crippen LogP) is 4.19. The first-order valence-electron chi connectivity index (χ1n) is 9.18. The van der Waals surface area contributed by atoms with Gasteiger partial charge in [-0.05, 0) is 56.2 Å². The van der Waals surface area contributed by atoms with Gasteiger partial charge in [0.1, 0.15) is 0 Å². The second kappa shape index (κ2) is 8.79. The van der Waals surface area contributed by atoms with Crippen LogP contribution in [0.3, 0.4) is 0 Å². The maximum atomic E-state index is 12.9. The summed E-state index contributed by atoms with van der Waals surface area (Å²) in [5.74, 6) is 0.584. The van der Waals surface area contributed by atoms with Crippen LogP contribution >= 0.6 is 0 Å². The van der Waals surface area contributed by atoms with Crippen molar-refractivity contribution in [1.29, 1.82) is 0 Å². The van der Waals surface area contributed by atoms with E-state index in [4.69, 9.17) is 0 Å². The summed E-state index contributed by atoms with van der Waals surface area (Å²) in [5.41, 5.74) is 2.66. The highest BCUT2D eigenvalue weighted by molar-refractivity contribution is 5.86. The third kappa shape index (κ3) is 4.78. The maximum absolute atomic E-state index is 12.9. The summed E-state index contributed by atoms with van der Waals surface area (Å²) in [7, 11) is 0. The number of benzene rings is 2. The van der Waals surface area contributed by atoms with Crippen LogP contribution in [0.15, 0.2) is 60.7 Å². The summed E-state index contributed by atoms with van der Waals surface area (Å²) in [4.78, 5) is 12.9. The molecule has 2 heteroatoms. The molecule has 1 atom stereocenters. The summed E-state index contributed by atoms with van der Waals surface area (Å²) < 4.78 is 0. The van der Waals surface area contributed by atoms with E-state index in [2.05, 4.69) is 53.8 Å². The second-order valence-corrected chi connectivity index (χ2v) is 6.80. The third-order valence-electron chi connectivity index (χ3n) is 5.05. The van der Waals surface area contributed by atoms with Crippen molar-refractivity contribution in [2.75, 3.05) is 6.54 Å². The predicted molar refractivity (Wildman–Crippen MR) is 99.0 cm³/mol. The van der Waals surface area contributed by atoms with Gasteiger partial charge in [0.25, 0.3) is 0 Å². The van der Waals surface area contributed by atoms with Crippen LogP contribution in [-0.2, 0) is 17.6 Å². The van der Waals surface area contributed by atoms with Gasteiger partial charge in [0.05, 0.1) is 6.04 Å². The van der Waals surface area contributed by atoms with Gasteiger partial charge in [-0.3, -0.25) is 4.79 Å². The van der Waals surface area contributed by atoms with Crippen molar-refractivity contribution in [1.82, 2.24) is 5.32 Å². The Bertz CT molecular complexity index is 573. The van der Waals surface area contributed by atoms with Crippen LogP contribution in [0.4, 0.5) is 0 Å². The molecule has 0 saturated carbocycles. The monoisotopic (exact) mass is 321 g/mol. The lowest BCUT2D eigenvalue weighted by Crippen LogP contribution is -2.36. The fourth-order valence-corrected chi connectivity index (χ4v) is 3.61. The summed E-state index contributed by atoms with van der Waals surface area (Å²) >= 11 is 0. The van der Waals surface area contributed by atoms with E-state index in [0.29, 0.717) is 5.78 Å². The van der Waals surface area contributed by atoms with Crippen LogP contribution in [0.5, 0.6) is 0 Å². The molecule has 1 aliphatic rings. The molecule has 2 nitrogen and oxygen atoms in total. The molecular weight excluding hydrogens is 294 g/mol. The highest BCUT2D eigenvalue weighted by atomic mass is 16.1. The number of hydrogen-bond acceptors (Lipinski definition) is 2. The smallest absolute Gasteiger partial charge is 0.152 e. The molecular formula is C22H27NO. The standard InChI is InChI=1S/C22H27NO/c24-22(21-12-7-17-23-21)20(15-13-18-8-3-1-4-9-18)16-14-19-10-5-2-6-11-19/h1-6,8-11,20-21,23H,7,12-17H2. The Balaban J connectivity index is 1.62. The molecule has 2 aromatic carbocycles. The average Bonchev–Trinajstić information content (AvgIpc) is 3.18. The molecule has 1 aliphatic heterocycles. The first kappa shape index (κ1) is 16.9. The number of rotatable bonds is 8. The van der Waals surface area contributed by atoms with Crippen molar-refractivity contribution in [3.8, 4) is 0 Å². The minimum atomic E-state index is 0.0848. The first-order chi connectivity index (χ1) is 11.8. The molecule has 0 aromatic heterocycles. The lowest BCUT2D eigenvalue weighted by molar-refractivity contribution is -0.125. The van der Waals surface area contributed by atoms with Crippen molar-refractivity contribution in [3.05, 3.63) is 71.8 Å². The zero-order valence-electron chi connectivity index (χ0n) is 14.3. The van der Waals surface area contributed by atoms with Gasteiger partial charge in [-0.15, -0.1) is 0 Å². The summed E-state index contributed by atoms with van der Waals surface area (Å²) in [5, 5.41) is 3.38. The SMILES string of the molecule is O=C(C(CCc1ccccc1)CCc1ccccc1)C1CCCN1. The normalized spacial score (nSPS) is 17.3. The average molecular weight is 321 g/mol. The van der Waals surface area contributed by atoms with Crippen LogP contribution in [0.2, 0.25) is 0 Å². The Labute approximate surface area is 145 Å². The minimum absolute atomic E-state index is 0.0848. The summed E-state index contributed by atoms with van der Waals surface area (Å²) in [6.45, 7) is 0.987. The molecule has 3 rings (SSSR count). The topological polar surface area (TPSA) is 29.1 Å². The van der Waals surface area contributed by atoms with Crippen molar-refractivity contribution in [3.63, 3.8) is 0 Å². The van der Waals surface area contributed by atoms with E-state index in [-0.39, 0.29) is 12.0 Å². The fourth-order valence-electron chi connectivity index (χ4n) is 3.61. The minimum Gasteiger partial charge on any atom is -0.307 e. The quantitative estimate of drug-likeness (QED) is 0.790. The molecule has 1 unspecified atom stereocenters. The van der Waals surface area contributed by atoms with Gasteiger partial charge in [-0.25, -0.2) is 0 Å². The number of aryl methyl sites for hydroxylation is 2. The Morgan fingerprint density at radius 3 is 1.92 bits per heavy atom. The van der Waals surface area contributed by atoms with Crippen molar-refractivity contribution < 1.29 is 4.79 Å². The summed E-state index contributed by atoms with van der Waals surface area (Å²) in [6.07, 6.45) is 6.01. The largest absolute Gasteiger partial charge is 0.307 e. The van der Waals surface area contributed by atoms with E-state index in [9.17, 15) is 4.79 Å². The molecule has 0 aliphatic carbocycles. The lowest BCUT2D eigenvalue weighted by Gasteiger charge is -2.20. The zero-order chi connectivity index (χ0) is 16.6. The number of carbonyl (C=O) groups is 1. The molecule has 2 aromatic rings. The van der Waals surface area contributed by atoms with Gasteiger partial charge in [-0.2, -0.15) is 0 Å². The number of hydrogen-bond donors (Lipinski definition) is 1. The lowest BCUT2D eigenvalue weighted by atomic mass is 9.86. The molecule has 0 amide bonds. The molecule has 0 bridgehead atoms. The highest BCUT2D eigenvalue weighted by Gasteiger charge is 2.28. The van der Waals surface area contributed by atoms with E-state index < -0.39 is 0 Å². The van der Waals surface area contributed by atoms with Crippen molar-refractivity contribution in [2.24, 2.45) is 5.92 Å². The van der Waals surface area contributed by atoms with Crippen LogP contribution in [0.1, 0.15) is 36.8 Å². The Hall–Kier alpha value is -1.93. The van der Waals surface area contributed by atoms with Gasteiger partial charge in [-0.1, -0.05) is 60.7 Å². The van der Waals surface area contributed by atoms with Crippen molar-refractivity contribution >= 4 is 5.78 Å². The van der Waals surface area contributed by atoms with Crippen LogP contribution in [0, 0.1) is 5.92 Å². The van der Waals surface area contributed by atoms with Crippen LogP contribution in [0.25, 0.3) is 0 Å². The molecule has 0 spiro atoms. The van der Waals surface area contributed by atoms with E-state index in [1.165, 1.54) is 11.1 Å². The van der Waals surface area contributed by atoms with E-state index >= 15 is 0 Å². The molecule has 1 fully saturated rings. The molecule has 1 N–H and O–H groups in total. The Morgan fingerprint density at radius 1 is 0.917 bits per heavy atom. The highest BCUT2D eigenvalue weighted by Crippen LogP contribution is 2.21. The number of carbonyl (C=O) groups excluding carboxylic acids is 1. The number of ketones is 1. The summed E-state index contributed by atoms with van der Waals surface area (Å²) in [6, 6.07) is 21.1. The number of Topliss-reactive ketones (excluding diaryl/α,β-unsaturated/α-hetero) is 1. The van der Waals surface area contributed by atoms with Gasteiger partial charge >= 0.3 is 0 Å². The second-order valence-electron chi connectivity index (χ2n) is 6.80. The van der Waals surface area contributed by atoms with Gasteiger partial charge in [0, 0.05) is 5.92 Å². The molecule has 126 valence electrons. The van der Waals surface area contributed by atoms with Crippen LogP contribution < -0.4 is 5.32 Å². The van der Waals surface area contributed by atoms with E-state index in [1.54, 1.807) is 0 Å². The first-order valence-corrected chi connectivity index (χ1v) is 9.18. The maximum Gasteiger partial charge on any atom is 0.152 e. The van der Waals surface area contributed by atoms with Crippen LogP contribution in [-0.4, -0.2) is 18.4 Å². The molecule has 1 saturated heterocycles. The van der Waals surface area contributed by atoms with Gasteiger partial charge < -0.3 is 5.32 Å². The molecule has 1 heterocycles. The third-order valence-corrected chi connectivity index (χ3v) is 5.05. The molecule has 24 heavy (non-hydrogen) atoms. The van der Waals surface area contributed by atoms with E-state index in [0.717, 1.165) is 45.1 Å². The van der Waals surface area contributed by atoms with Gasteiger partial charge in [0.2, 0.25) is 0 Å². The Kier molecular flexibility index (Phi) is 6.20. The van der Waals surface area contributed by atoms with E-state index in [1.807, 2.05) is 12.1 Å². The fraction of sp³-hybridized carbons (Fsp3) is 0.409.